The topological polar surface area (TPSA) is 67.4 Å². The Labute approximate surface area is 163 Å². The quantitative estimate of drug-likeness (QED) is 0.718. The number of esters is 1. The van der Waals surface area contributed by atoms with Crippen LogP contribution in [-0.2, 0) is 20.7 Å². The van der Waals surface area contributed by atoms with E-state index >= 15 is 0 Å². The monoisotopic (exact) mass is 384 g/mol. The summed E-state index contributed by atoms with van der Waals surface area (Å²) in [5, 5.41) is 6.18. The van der Waals surface area contributed by atoms with E-state index < -0.39 is 12.1 Å². The second kappa shape index (κ2) is 9.58. The van der Waals surface area contributed by atoms with E-state index in [2.05, 4.69) is 10.6 Å². The minimum atomic E-state index is -0.525. The van der Waals surface area contributed by atoms with E-state index in [1.54, 1.807) is 18.7 Å². The molecular formula is C21H24N2O3S. The highest BCUT2D eigenvalue weighted by Crippen LogP contribution is 2.30. The van der Waals surface area contributed by atoms with E-state index in [4.69, 9.17) is 4.74 Å². The van der Waals surface area contributed by atoms with Crippen molar-refractivity contribution >= 4 is 29.3 Å². The van der Waals surface area contributed by atoms with Crippen molar-refractivity contribution in [2.24, 2.45) is 0 Å². The number of fused-ring (bicyclic) bond motifs is 1. The molecule has 3 rings (SSSR count). The van der Waals surface area contributed by atoms with Crippen LogP contribution in [0.3, 0.4) is 0 Å². The molecule has 0 saturated carbocycles. The first-order valence-electron chi connectivity index (χ1n) is 9.16. The number of carbonyl (C=O) groups is 2. The summed E-state index contributed by atoms with van der Waals surface area (Å²) in [6.07, 6.45) is 1.31. The zero-order valence-electron chi connectivity index (χ0n) is 15.3. The van der Waals surface area contributed by atoms with Gasteiger partial charge in [-0.1, -0.05) is 42.5 Å². The SMILES string of the molecule is CCOC(=O)[C@@H](CCc1ccccc1)N[C@H]1CSc2ccccc2NC1=O. The first-order chi connectivity index (χ1) is 13.2. The Morgan fingerprint density at radius 1 is 1.22 bits per heavy atom. The van der Waals surface area contributed by atoms with Gasteiger partial charge in [-0.25, -0.2) is 0 Å². The maximum absolute atomic E-state index is 12.6. The fraction of sp³-hybridized carbons (Fsp3) is 0.333. The number of amides is 1. The average Bonchev–Trinajstić information content (AvgIpc) is 2.84. The lowest BCUT2D eigenvalue weighted by atomic mass is 10.0. The van der Waals surface area contributed by atoms with Crippen molar-refractivity contribution in [3.63, 3.8) is 0 Å². The number of ether oxygens (including phenoxy) is 1. The summed E-state index contributed by atoms with van der Waals surface area (Å²) in [5.41, 5.74) is 1.97. The van der Waals surface area contributed by atoms with Crippen LogP contribution in [0, 0.1) is 0 Å². The highest BCUT2D eigenvalue weighted by Gasteiger charge is 2.29. The Hall–Kier alpha value is -2.31. The average molecular weight is 385 g/mol. The van der Waals surface area contributed by atoms with Gasteiger partial charge in [0.25, 0.3) is 0 Å². The summed E-state index contributed by atoms with van der Waals surface area (Å²) < 4.78 is 5.22. The van der Waals surface area contributed by atoms with Crippen LogP contribution in [0.25, 0.3) is 0 Å². The predicted molar refractivity (Wildman–Crippen MR) is 108 cm³/mol. The lowest BCUT2D eigenvalue weighted by Crippen LogP contribution is -2.50. The molecule has 0 fully saturated rings. The number of carbonyl (C=O) groups excluding carboxylic acids is 2. The first kappa shape index (κ1) is 19.5. The summed E-state index contributed by atoms with van der Waals surface area (Å²) in [5.74, 6) is 0.124. The zero-order valence-corrected chi connectivity index (χ0v) is 16.1. The van der Waals surface area contributed by atoms with Gasteiger partial charge in [-0.2, -0.15) is 0 Å². The number of thioether (sulfide) groups is 1. The number of anilines is 1. The summed E-state index contributed by atoms with van der Waals surface area (Å²) >= 11 is 1.60. The third kappa shape index (κ3) is 5.34. The van der Waals surface area contributed by atoms with Crippen LogP contribution in [0.2, 0.25) is 0 Å². The minimum Gasteiger partial charge on any atom is -0.465 e. The fourth-order valence-corrected chi connectivity index (χ4v) is 4.04. The minimum absolute atomic E-state index is 0.124. The smallest absolute Gasteiger partial charge is 0.323 e. The van der Waals surface area contributed by atoms with Crippen molar-refractivity contribution in [2.75, 3.05) is 17.7 Å². The molecule has 1 aliphatic heterocycles. The third-order valence-corrected chi connectivity index (χ3v) is 5.57. The number of hydrogen-bond donors (Lipinski definition) is 2. The summed E-state index contributed by atoms with van der Waals surface area (Å²) in [6, 6.07) is 16.7. The first-order valence-corrected chi connectivity index (χ1v) is 10.1. The van der Waals surface area contributed by atoms with Crippen molar-refractivity contribution in [3.8, 4) is 0 Å². The molecule has 2 aromatic rings. The summed E-state index contributed by atoms with van der Waals surface area (Å²) in [4.78, 5) is 26.1. The lowest BCUT2D eigenvalue weighted by Gasteiger charge is -2.22. The molecule has 1 aliphatic rings. The Bertz CT molecular complexity index is 782. The standard InChI is InChI=1S/C21H24N2O3S/c1-2-26-21(25)17(13-12-15-8-4-3-5-9-15)22-18-14-27-19-11-7-6-10-16(19)23-20(18)24/h3-11,17-18,22H,2,12-14H2,1H3,(H,23,24)/t17-,18+/m1/s1. The Balaban J connectivity index is 1.67. The van der Waals surface area contributed by atoms with Crippen LogP contribution in [0.4, 0.5) is 5.69 Å². The van der Waals surface area contributed by atoms with Gasteiger partial charge in [0.05, 0.1) is 18.3 Å². The van der Waals surface area contributed by atoms with Gasteiger partial charge in [0.1, 0.15) is 6.04 Å². The highest BCUT2D eigenvalue weighted by atomic mass is 32.2. The van der Waals surface area contributed by atoms with Gasteiger partial charge in [-0.15, -0.1) is 11.8 Å². The molecule has 1 amide bonds. The van der Waals surface area contributed by atoms with Crippen LogP contribution in [0.15, 0.2) is 59.5 Å². The molecule has 1 heterocycles. The van der Waals surface area contributed by atoms with Crippen molar-refractivity contribution in [1.29, 1.82) is 0 Å². The number of nitrogens with one attached hydrogen (secondary N) is 2. The molecule has 142 valence electrons. The molecule has 0 saturated heterocycles. The number of para-hydroxylation sites is 1. The van der Waals surface area contributed by atoms with Gasteiger partial charge in [0.15, 0.2) is 0 Å². The third-order valence-electron chi connectivity index (χ3n) is 4.40. The second-order valence-corrected chi connectivity index (χ2v) is 7.41. The molecule has 0 unspecified atom stereocenters. The van der Waals surface area contributed by atoms with Crippen molar-refractivity contribution < 1.29 is 14.3 Å². The fourth-order valence-electron chi connectivity index (χ4n) is 3.00. The largest absolute Gasteiger partial charge is 0.465 e. The van der Waals surface area contributed by atoms with Gasteiger partial charge < -0.3 is 10.1 Å². The molecule has 2 aromatic carbocycles. The van der Waals surface area contributed by atoms with Gasteiger partial charge >= 0.3 is 5.97 Å². The molecule has 5 nitrogen and oxygen atoms in total. The Morgan fingerprint density at radius 3 is 2.74 bits per heavy atom. The van der Waals surface area contributed by atoms with Gasteiger partial charge in [-0.05, 0) is 37.5 Å². The van der Waals surface area contributed by atoms with E-state index in [-0.39, 0.29) is 11.9 Å². The number of rotatable bonds is 7. The molecule has 6 heteroatoms. The molecule has 2 atom stereocenters. The van der Waals surface area contributed by atoms with E-state index in [9.17, 15) is 9.59 Å². The van der Waals surface area contributed by atoms with Gasteiger partial charge in [0.2, 0.25) is 5.91 Å². The molecular weight excluding hydrogens is 360 g/mol. The van der Waals surface area contributed by atoms with Crippen LogP contribution >= 0.6 is 11.8 Å². The van der Waals surface area contributed by atoms with Crippen molar-refractivity contribution in [1.82, 2.24) is 5.32 Å². The Kier molecular flexibility index (Phi) is 6.90. The van der Waals surface area contributed by atoms with Crippen LogP contribution in [0.1, 0.15) is 18.9 Å². The van der Waals surface area contributed by atoms with Gasteiger partial charge in [-0.3, -0.25) is 14.9 Å². The molecule has 0 aliphatic carbocycles. The molecule has 2 N–H and O–H groups in total. The van der Waals surface area contributed by atoms with Crippen LogP contribution < -0.4 is 10.6 Å². The molecule has 0 radical (unpaired) electrons. The van der Waals surface area contributed by atoms with Crippen LogP contribution in [0.5, 0.6) is 0 Å². The van der Waals surface area contributed by atoms with Crippen LogP contribution in [-0.4, -0.2) is 36.3 Å². The Morgan fingerprint density at radius 2 is 1.96 bits per heavy atom. The van der Waals surface area contributed by atoms with Crippen molar-refractivity contribution in [3.05, 3.63) is 60.2 Å². The number of hydrogen-bond acceptors (Lipinski definition) is 5. The number of benzene rings is 2. The van der Waals surface area contributed by atoms with Crippen molar-refractivity contribution in [2.45, 2.75) is 36.7 Å². The predicted octanol–water partition coefficient (Wildman–Crippen LogP) is 3.25. The second-order valence-electron chi connectivity index (χ2n) is 6.34. The molecule has 0 aromatic heterocycles. The maximum atomic E-state index is 12.6. The van der Waals surface area contributed by atoms with Gasteiger partial charge in [0, 0.05) is 10.6 Å². The molecule has 0 spiro atoms. The zero-order chi connectivity index (χ0) is 19.1. The highest BCUT2D eigenvalue weighted by molar-refractivity contribution is 7.99. The molecule has 0 bridgehead atoms. The lowest BCUT2D eigenvalue weighted by molar-refractivity contribution is -0.146. The molecule has 27 heavy (non-hydrogen) atoms. The summed E-state index contributed by atoms with van der Waals surface area (Å²) in [6.45, 7) is 2.11. The number of aryl methyl sites for hydroxylation is 1. The normalized spacial score (nSPS) is 17.4. The maximum Gasteiger partial charge on any atom is 0.323 e. The van der Waals surface area contributed by atoms with E-state index in [1.807, 2.05) is 54.6 Å². The van der Waals surface area contributed by atoms with E-state index in [0.29, 0.717) is 18.8 Å². The van der Waals surface area contributed by atoms with E-state index in [0.717, 1.165) is 22.6 Å². The summed E-state index contributed by atoms with van der Waals surface area (Å²) in [7, 11) is 0. The van der Waals surface area contributed by atoms with E-state index in [1.165, 1.54) is 0 Å².